The fraction of sp³-hybridized carbons (Fsp3) is 0.286. The molecule has 1 aliphatic carbocycles. The van der Waals surface area contributed by atoms with Crippen LogP contribution in [0.2, 0.25) is 5.15 Å². The average molecular weight is 403 g/mol. The standard InChI is InChI=1S/C14H11Br2ClN2/c1-7-2-5-9(10(15)6-7)14-18-12(8-3-4-8)11(16)13(17)19-14/h2,5-6,8H,3-4H2,1H3. The molecule has 2 aromatic rings. The summed E-state index contributed by atoms with van der Waals surface area (Å²) < 4.78 is 1.83. The van der Waals surface area contributed by atoms with Crippen molar-refractivity contribution in [3.63, 3.8) is 0 Å². The zero-order valence-corrected chi connectivity index (χ0v) is 14.2. The summed E-state index contributed by atoms with van der Waals surface area (Å²) >= 11 is 13.3. The molecule has 1 fully saturated rings. The van der Waals surface area contributed by atoms with E-state index in [2.05, 4.69) is 60.9 Å². The Morgan fingerprint density at radius 2 is 1.95 bits per heavy atom. The van der Waals surface area contributed by atoms with E-state index in [9.17, 15) is 0 Å². The maximum Gasteiger partial charge on any atom is 0.162 e. The summed E-state index contributed by atoms with van der Waals surface area (Å²) in [7, 11) is 0. The van der Waals surface area contributed by atoms with Gasteiger partial charge in [-0.05, 0) is 53.4 Å². The van der Waals surface area contributed by atoms with E-state index in [1.807, 2.05) is 6.07 Å². The van der Waals surface area contributed by atoms with Gasteiger partial charge in [-0.1, -0.05) is 33.6 Å². The maximum absolute atomic E-state index is 6.21. The highest BCUT2D eigenvalue weighted by molar-refractivity contribution is 9.11. The minimum absolute atomic E-state index is 0.486. The summed E-state index contributed by atoms with van der Waals surface area (Å²) in [6, 6.07) is 6.14. The largest absolute Gasteiger partial charge is 0.231 e. The van der Waals surface area contributed by atoms with Crippen LogP contribution in [0.1, 0.15) is 30.0 Å². The van der Waals surface area contributed by atoms with Gasteiger partial charge in [0.2, 0.25) is 0 Å². The number of hydrogen-bond donors (Lipinski definition) is 0. The van der Waals surface area contributed by atoms with Crippen LogP contribution < -0.4 is 0 Å². The van der Waals surface area contributed by atoms with Crippen molar-refractivity contribution in [2.75, 3.05) is 0 Å². The van der Waals surface area contributed by atoms with Gasteiger partial charge in [-0.2, -0.15) is 0 Å². The highest BCUT2D eigenvalue weighted by Gasteiger charge is 2.29. The van der Waals surface area contributed by atoms with E-state index in [0.717, 1.165) is 20.2 Å². The number of hydrogen-bond acceptors (Lipinski definition) is 2. The predicted molar refractivity (Wildman–Crippen MR) is 84.6 cm³/mol. The van der Waals surface area contributed by atoms with Gasteiger partial charge >= 0.3 is 0 Å². The Morgan fingerprint density at radius 1 is 1.21 bits per heavy atom. The molecule has 0 saturated heterocycles. The molecule has 98 valence electrons. The Kier molecular flexibility index (Phi) is 3.67. The van der Waals surface area contributed by atoms with E-state index in [1.54, 1.807) is 0 Å². The highest BCUT2D eigenvalue weighted by Crippen LogP contribution is 2.44. The van der Waals surface area contributed by atoms with Gasteiger partial charge in [-0.3, -0.25) is 0 Å². The van der Waals surface area contributed by atoms with Gasteiger partial charge < -0.3 is 0 Å². The molecule has 1 saturated carbocycles. The molecule has 0 amide bonds. The van der Waals surface area contributed by atoms with Gasteiger partial charge in [-0.25, -0.2) is 9.97 Å². The maximum atomic E-state index is 6.21. The van der Waals surface area contributed by atoms with E-state index in [-0.39, 0.29) is 0 Å². The second-order valence-electron chi connectivity index (χ2n) is 4.79. The van der Waals surface area contributed by atoms with Crippen molar-refractivity contribution >= 4 is 43.5 Å². The molecular weight excluding hydrogens is 391 g/mol. The zero-order chi connectivity index (χ0) is 13.6. The van der Waals surface area contributed by atoms with E-state index in [4.69, 9.17) is 11.6 Å². The lowest BCUT2D eigenvalue weighted by Crippen LogP contribution is -1.98. The molecule has 3 rings (SSSR count). The third kappa shape index (κ3) is 2.71. The SMILES string of the molecule is Cc1ccc(-c2nc(Cl)c(Br)c(C3CC3)n2)c(Br)c1. The lowest BCUT2D eigenvalue weighted by Gasteiger charge is -2.09. The first-order chi connectivity index (χ1) is 9.06. The number of nitrogens with zero attached hydrogens (tertiary/aromatic N) is 2. The van der Waals surface area contributed by atoms with Gasteiger partial charge in [0.15, 0.2) is 5.82 Å². The van der Waals surface area contributed by atoms with Crippen molar-refractivity contribution in [3.8, 4) is 11.4 Å². The van der Waals surface area contributed by atoms with Crippen LogP contribution in [0.5, 0.6) is 0 Å². The number of halogens is 3. The number of rotatable bonds is 2. The molecule has 1 aromatic heterocycles. The van der Waals surface area contributed by atoms with Crippen LogP contribution in [0.25, 0.3) is 11.4 Å². The van der Waals surface area contributed by atoms with Gasteiger partial charge in [0, 0.05) is 16.0 Å². The third-order valence-corrected chi connectivity index (χ3v) is 5.11. The van der Waals surface area contributed by atoms with E-state index in [0.29, 0.717) is 16.9 Å². The van der Waals surface area contributed by atoms with Crippen molar-refractivity contribution in [2.45, 2.75) is 25.7 Å². The van der Waals surface area contributed by atoms with E-state index >= 15 is 0 Å². The van der Waals surface area contributed by atoms with Crippen LogP contribution >= 0.6 is 43.5 Å². The first-order valence-corrected chi connectivity index (χ1v) is 8.02. The lowest BCUT2D eigenvalue weighted by molar-refractivity contribution is 0.979. The number of aromatic nitrogens is 2. The molecule has 0 radical (unpaired) electrons. The Morgan fingerprint density at radius 3 is 2.58 bits per heavy atom. The van der Waals surface area contributed by atoms with Crippen molar-refractivity contribution < 1.29 is 0 Å². The smallest absolute Gasteiger partial charge is 0.162 e. The molecule has 19 heavy (non-hydrogen) atoms. The molecule has 0 unspecified atom stereocenters. The Hall–Kier alpha value is -0.450. The summed E-state index contributed by atoms with van der Waals surface area (Å²) in [5.74, 6) is 1.21. The van der Waals surface area contributed by atoms with Crippen molar-refractivity contribution in [1.29, 1.82) is 0 Å². The summed E-state index contributed by atoms with van der Waals surface area (Å²) in [5, 5.41) is 0.486. The second-order valence-corrected chi connectivity index (χ2v) is 6.80. The number of aryl methyl sites for hydroxylation is 1. The second kappa shape index (κ2) is 5.15. The molecule has 0 N–H and O–H groups in total. The van der Waals surface area contributed by atoms with Crippen molar-refractivity contribution in [3.05, 3.63) is 43.6 Å². The van der Waals surface area contributed by atoms with E-state index in [1.165, 1.54) is 18.4 Å². The first-order valence-electron chi connectivity index (χ1n) is 6.05. The average Bonchev–Trinajstić information content (AvgIpc) is 3.17. The summed E-state index contributed by atoms with van der Waals surface area (Å²) in [6.07, 6.45) is 2.36. The van der Waals surface area contributed by atoms with Gasteiger partial charge in [0.25, 0.3) is 0 Å². The fourth-order valence-corrected chi connectivity index (χ4v) is 3.33. The van der Waals surface area contributed by atoms with Crippen molar-refractivity contribution in [1.82, 2.24) is 9.97 Å². The molecule has 1 aromatic carbocycles. The lowest BCUT2D eigenvalue weighted by atomic mass is 10.1. The van der Waals surface area contributed by atoms with Crippen LogP contribution in [0, 0.1) is 6.92 Å². The molecule has 0 aliphatic heterocycles. The normalized spacial score (nSPS) is 14.7. The van der Waals surface area contributed by atoms with Gasteiger partial charge in [0.1, 0.15) is 5.15 Å². The number of benzene rings is 1. The minimum atomic E-state index is 0.486. The third-order valence-electron chi connectivity index (χ3n) is 3.17. The molecule has 0 bridgehead atoms. The van der Waals surface area contributed by atoms with Crippen LogP contribution in [-0.4, -0.2) is 9.97 Å². The van der Waals surface area contributed by atoms with Gasteiger partial charge in [-0.15, -0.1) is 0 Å². The van der Waals surface area contributed by atoms with Gasteiger partial charge in [0.05, 0.1) is 10.2 Å². The molecule has 2 nitrogen and oxygen atoms in total. The van der Waals surface area contributed by atoms with Crippen LogP contribution in [0.3, 0.4) is 0 Å². The summed E-state index contributed by atoms with van der Waals surface area (Å²) in [6.45, 7) is 2.06. The molecular formula is C14H11Br2ClN2. The van der Waals surface area contributed by atoms with Crippen LogP contribution in [-0.2, 0) is 0 Å². The monoisotopic (exact) mass is 400 g/mol. The minimum Gasteiger partial charge on any atom is -0.231 e. The molecule has 0 atom stereocenters. The molecule has 0 spiro atoms. The molecule has 1 aliphatic rings. The molecule has 1 heterocycles. The highest BCUT2D eigenvalue weighted by atomic mass is 79.9. The Balaban J connectivity index is 2.14. The Labute approximate surface area is 133 Å². The van der Waals surface area contributed by atoms with E-state index < -0.39 is 0 Å². The quantitative estimate of drug-likeness (QED) is 0.619. The molecule has 5 heteroatoms. The van der Waals surface area contributed by atoms with Crippen molar-refractivity contribution in [2.24, 2.45) is 0 Å². The van der Waals surface area contributed by atoms with Crippen LogP contribution in [0.4, 0.5) is 0 Å². The first kappa shape index (κ1) is 13.5. The summed E-state index contributed by atoms with van der Waals surface area (Å²) in [5.41, 5.74) is 3.20. The predicted octanol–water partition coefficient (Wildman–Crippen LogP) is 5.51. The summed E-state index contributed by atoms with van der Waals surface area (Å²) in [4.78, 5) is 9.07. The fourth-order valence-electron chi connectivity index (χ4n) is 1.99. The zero-order valence-electron chi connectivity index (χ0n) is 10.3. The topological polar surface area (TPSA) is 25.8 Å². The Bertz CT molecular complexity index is 654. The van der Waals surface area contributed by atoms with Crippen LogP contribution in [0.15, 0.2) is 27.1 Å².